The van der Waals surface area contributed by atoms with E-state index in [0.29, 0.717) is 24.2 Å². The summed E-state index contributed by atoms with van der Waals surface area (Å²) in [5.41, 5.74) is 1.98. The number of likely N-dealkylation sites (N-methyl/N-ethyl adjacent to an activating group) is 1. The van der Waals surface area contributed by atoms with Crippen LogP contribution < -0.4 is 9.02 Å². The lowest BCUT2D eigenvalue weighted by Crippen LogP contribution is -2.57. The topological polar surface area (TPSA) is 87.1 Å². The monoisotopic (exact) mass is 484 g/mol. The largest absolute Gasteiger partial charge is 0.492 e. The molecule has 3 aromatic rings. The normalized spacial score (nSPS) is 24.4. The highest BCUT2D eigenvalue weighted by Crippen LogP contribution is 2.49. The van der Waals surface area contributed by atoms with Crippen molar-refractivity contribution in [3.63, 3.8) is 0 Å². The molecule has 1 unspecified atom stereocenters. The first-order valence-electron chi connectivity index (χ1n) is 11.2. The summed E-state index contributed by atoms with van der Waals surface area (Å²) in [4.78, 5) is 15.4. The molecule has 1 fully saturated rings. The number of carbonyl (C=O) groups excluding carboxylic acids is 1. The SMILES string of the molecule is COC(=O)C1(COc2ccccc2)C[C@H]2c3cccc4c3c(cn4OS(C)(=O)=O)C[C@@H]2N(C)C1. The van der Waals surface area contributed by atoms with Gasteiger partial charge in [-0.1, -0.05) is 30.3 Å². The summed E-state index contributed by atoms with van der Waals surface area (Å²) in [7, 11) is -0.247. The number of benzene rings is 2. The molecule has 1 saturated heterocycles. The zero-order valence-corrected chi connectivity index (χ0v) is 20.2. The molecule has 34 heavy (non-hydrogen) atoms. The molecule has 1 aliphatic heterocycles. The van der Waals surface area contributed by atoms with Gasteiger partial charge in [-0.25, -0.2) is 0 Å². The zero-order valence-electron chi connectivity index (χ0n) is 19.4. The summed E-state index contributed by atoms with van der Waals surface area (Å²) in [5, 5.41) is 0.991. The molecule has 2 aliphatic rings. The number of piperidine rings is 1. The Hall–Kier alpha value is -3.04. The molecule has 1 aromatic heterocycles. The van der Waals surface area contributed by atoms with Gasteiger partial charge in [0.1, 0.15) is 17.8 Å². The van der Waals surface area contributed by atoms with Gasteiger partial charge in [-0.2, -0.15) is 13.1 Å². The van der Waals surface area contributed by atoms with Crippen LogP contribution >= 0.6 is 0 Å². The first-order valence-corrected chi connectivity index (χ1v) is 13.0. The van der Waals surface area contributed by atoms with Crippen molar-refractivity contribution in [3.8, 4) is 5.75 Å². The van der Waals surface area contributed by atoms with Crippen molar-refractivity contribution in [3.05, 3.63) is 65.9 Å². The van der Waals surface area contributed by atoms with Gasteiger partial charge >= 0.3 is 16.1 Å². The fourth-order valence-corrected chi connectivity index (χ4v) is 6.08. The fraction of sp³-hybridized carbons (Fsp3) is 0.400. The van der Waals surface area contributed by atoms with Crippen molar-refractivity contribution in [2.75, 3.05) is 33.6 Å². The first-order chi connectivity index (χ1) is 16.2. The maximum Gasteiger partial charge on any atom is 0.324 e. The molecule has 180 valence electrons. The molecule has 0 radical (unpaired) electrons. The Bertz CT molecular complexity index is 1340. The van der Waals surface area contributed by atoms with E-state index in [1.54, 1.807) is 6.20 Å². The third-order valence-corrected chi connectivity index (χ3v) is 7.45. The molecule has 0 saturated carbocycles. The minimum absolute atomic E-state index is 0.0440. The van der Waals surface area contributed by atoms with E-state index in [9.17, 15) is 13.2 Å². The number of carbonyl (C=O) groups is 1. The molecule has 0 N–H and O–H groups in total. The van der Waals surface area contributed by atoms with Gasteiger partial charge in [0, 0.05) is 30.1 Å². The summed E-state index contributed by atoms with van der Waals surface area (Å²) in [6, 6.07) is 15.4. The Morgan fingerprint density at radius 1 is 1.15 bits per heavy atom. The number of rotatable bonds is 6. The van der Waals surface area contributed by atoms with Gasteiger partial charge in [0.05, 0.1) is 18.9 Å². The number of para-hydroxylation sites is 1. The number of methoxy groups -OCH3 is 1. The first kappa shape index (κ1) is 22.7. The molecule has 9 heteroatoms. The molecule has 1 aliphatic carbocycles. The van der Waals surface area contributed by atoms with Crippen molar-refractivity contribution >= 4 is 27.0 Å². The molecule has 5 rings (SSSR count). The highest BCUT2D eigenvalue weighted by molar-refractivity contribution is 7.86. The van der Waals surface area contributed by atoms with Gasteiger partial charge in [0.25, 0.3) is 0 Å². The molecule has 0 amide bonds. The van der Waals surface area contributed by atoms with E-state index in [-0.39, 0.29) is 24.5 Å². The van der Waals surface area contributed by atoms with Crippen LogP contribution in [0.4, 0.5) is 0 Å². The Morgan fingerprint density at radius 3 is 2.62 bits per heavy atom. The molecule has 8 nitrogen and oxygen atoms in total. The molecule has 2 aromatic carbocycles. The number of esters is 1. The molecule has 0 spiro atoms. The summed E-state index contributed by atoms with van der Waals surface area (Å²) in [6.45, 7) is 0.706. The standard InChI is InChI=1S/C25H28N2O6S/c1-26-15-25(24(28)31-2,16-32-18-8-5-4-6-9-18)13-20-19-10-7-11-21-23(19)17(12-22(20)26)14-27(21)33-34(3,29)30/h4-11,14,20,22H,12-13,15-16H2,1-3H3/t20-,22-,25?/m0/s1. The van der Waals surface area contributed by atoms with Gasteiger partial charge in [-0.05, 0) is 49.2 Å². The maximum atomic E-state index is 13.2. The third kappa shape index (κ3) is 3.92. The zero-order chi connectivity index (χ0) is 24.1. The highest BCUT2D eigenvalue weighted by atomic mass is 32.2. The van der Waals surface area contributed by atoms with Crippen molar-refractivity contribution in [1.29, 1.82) is 0 Å². The predicted octanol–water partition coefficient (Wildman–Crippen LogP) is 2.61. The predicted molar refractivity (Wildman–Crippen MR) is 127 cm³/mol. The number of ether oxygens (including phenoxy) is 2. The molecular formula is C25H28N2O6S. The van der Waals surface area contributed by atoms with E-state index in [4.69, 9.17) is 13.8 Å². The maximum absolute atomic E-state index is 13.2. The lowest BCUT2D eigenvalue weighted by atomic mass is 9.66. The van der Waals surface area contributed by atoms with E-state index < -0.39 is 15.5 Å². The van der Waals surface area contributed by atoms with Crippen molar-refractivity contribution in [2.45, 2.75) is 24.8 Å². The van der Waals surface area contributed by atoms with Crippen LogP contribution in [-0.2, 0) is 26.1 Å². The van der Waals surface area contributed by atoms with Gasteiger partial charge < -0.3 is 14.4 Å². The summed E-state index contributed by atoms with van der Waals surface area (Å²) < 4.78 is 41.5. The van der Waals surface area contributed by atoms with E-state index in [0.717, 1.165) is 29.2 Å². The van der Waals surface area contributed by atoms with Gasteiger partial charge in [0.15, 0.2) is 0 Å². The van der Waals surface area contributed by atoms with Crippen LogP contribution in [0.25, 0.3) is 10.9 Å². The van der Waals surface area contributed by atoms with Crippen LogP contribution in [-0.4, -0.2) is 63.6 Å². The molecule has 2 heterocycles. The number of hydrogen-bond acceptors (Lipinski definition) is 7. The minimum atomic E-state index is -3.68. The average Bonchev–Trinajstić information content (AvgIpc) is 3.15. The van der Waals surface area contributed by atoms with Crippen molar-refractivity contribution in [2.24, 2.45) is 5.41 Å². The third-order valence-electron chi connectivity index (χ3n) is 7.02. The molecular weight excluding hydrogens is 456 g/mol. The number of likely N-dealkylation sites (tertiary alicyclic amines) is 1. The van der Waals surface area contributed by atoms with Crippen LogP contribution in [0.5, 0.6) is 5.75 Å². The van der Waals surface area contributed by atoms with Gasteiger partial charge in [0.2, 0.25) is 0 Å². The van der Waals surface area contributed by atoms with E-state index in [1.807, 2.05) is 49.5 Å². The number of hydrogen-bond donors (Lipinski definition) is 0. The number of nitrogens with zero attached hydrogens (tertiary/aromatic N) is 2. The Kier molecular flexibility index (Phi) is 5.56. The quantitative estimate of drug-likeness (QED) is 0.497. The van der Waals surface area contributed by atoms with E-state index in [2.05, 4.69) is 11.0 Å². The Balaban J connectivity index is 1.55. The van der Waals surface area contributed by atoms with Crippen LogP contribution in [0.3, 0.4) is 0 Å². The smallest absolute Gasteiger partial charge is 0.324 e. The average molecular weight is 485 g/mol. The Labute approximate surface area is 199 Å². The fourth-order valence-electron chi connectivity index (χ4n) is 5.67. The van der Waals surface area contributed by atoms with Crippen molar-refractivity contribution < 1.29 is 27.0 Å². The second kappa shape index (κ2) is 8.32. The Morgan fingerprint density at radius 2 is 1.91 bits per heavy atom. The van der Waals surface area contributed by atoms with Gasteiger partial charge in [-0.3, -0.25) is 9.08 Å². The van der Waals surface area contributed by atoms with Crippen LogP contribution in [0.2, 0.25) is 0 Å². The van der Waals surface area contributed by atoms with Crippen LogP contribution in [0.15, 0.2) is 54.7 Å². The lowest BCUT2D eigenvalue weighted by molar-refractivity contribution is -0.160. The highest BCUT2D eigenvalue weighted by Gasteiger charge is 2.52. The molecule has 0 bridgehead atoms. The number of aromatic nitrogens is 1. The van der Waals surface area contributed by atoms with E-state index >= 15 is 0 Å². The summed E-state index contributed by atoms with van der Waals surface area (Å²) in [6.07, 6.45) is 4.09. The second-order valence-corrected chi connectivity index (χ2v) is 10.9. The second-order valence-electron chi connectivity index (χ2n) is 9.37. The number of fused-ring (bicyclic) bond motifs is 2. The van der Waals surface area contributed by atoms with Crippen molar-refractivity contribution in [1.82, 2.24) is 9.63 Å². The lowest BCUT2D eigenvalue weighted by Gasteiger charge is -2.49. The minimum Gasteiger partial charge on any atom is -0.492 e. The van der Waals surface area contributed by atoms with Crippen LogP contribution in [0.1, 0.15) is 23.5 Å². The molecule has 3 atom stereocenters. The summed E-state index contributed by atoms with van der Waals surface area (Å²) >= 11 is 0. The van der Waals surface area contributed by atoms with E-state index in [1.165, 1.54) is 11.8 Å². The van der Waals surface area contributed by atoms with Crippen LogP contribution in [0, 0.1) is 5.41 Å². The van der Waals surface area contributed by atoms with Gasteiger partial charge in [-0.15, -0.1) is 0 Å². The summed E-state index contributed by atoms with van der Waals surface area (Å²) in [5.74, 6) is 0.464.